The molecule has 0 fully saturated rings. The largest absolute Gasteiger partial charge is 0.383 e. The zero-order valence-electron chi connectivity index (χ0n) is 12.1. The van der Waals surface area contributed by atoms with Crippen LogP contribution in [0.15, 0.2) is 23.7 Å². The molecule has 0 aliphatic rings. The molecule has 2 heterocycles. The Morgan fingerprint density at radius 2 is 2.35 bits per heavy atom. The summed E-state index contributed by atoms with van der Waals surface area (Å²) in [5.74, 6) is 0. The lowest BCUT2D eigenvalue weighted by Gasteiger charge is -2.16. The van der Waals surface area contributed by atoms with Crippen LogP contribution in [0, 0.1) is 0 Å². The Balaban J connectivity index is 1.74. The summed E-state index contributed by atoms with van der Waals surface area (Å²) in [7, 11) is 3.84. The van der Waals surface area contributed by atoms with E-state index < -0.39 is 0 Å². The third-order valence-electron chi connectivity index (χ3n) is 3.15. The lowest BCUT2D eigenvalue weighted by molar-refractivity contribution is 0.161. The van der Waals surface area contributed by atoms with Gasteiger partial charge in [-0.2, -0.15) is 5.10 Å². The SMILES string of the molecule is COCCN(C)CCNCc1cn[nH]c1-c1cccs1. The van der Waals surface area contributed by atoms with Crippen LogP contribution < -0.4 is 5.32 Å². The quantitative estimate of drug-likeness (QED) is 0.693. The molecule has 110 valence electrons. The summed E-state index contributed by atoms with van der Waals surface area (Å²) in [6.07, 6.45) is 1.90. The van der Waals surface area contributed by atoms with E-state index in [1.165, 1.54) is 10.4 Å². The number of aromatic amines is 1. The Labute approximate surface area is 124 Å². The van der Waals surface area contributed by atoms with E-state index >= 15 is 0 Å². The molecule has 2 aromatic rings. The van der Waals surface area contributed by atoms with Gasteiger partial charge in [0.05, 0.1) is 23.4 Å². The Morgan fingerprint density at radius 1 is 1.45 bits per heavy atom. The van der Waals surface area contributed by atoms with Crippen molar-refractivity contribution in [2.24, 2.45) is 0 Å². The average Bonchev–Trinajstić information content (AvgIpc) is 3.11. The zero-order chi connectivity index (χ0) is 14.2. The van der Waals surface area contributed by atoms with Gasteiger partial charge in [0.25, 0.3) is 0 Å². The van der Waals surface area contributed by atoms with E-state index in [4.69, 9.17) is 4.74 Å². The van der Waals surface area contributed by atoms with Crippen LogP contribution in [0.2, 0.25) is 0 Å². The molecule has 6 heteroatoms. The summed E-state index contributed by atoms with van der Waals surface area (Å²) >= 11 is 1.73. The Morgan fingerprint density at radius 3 is 3.10 bits per heavy atom. The van der Waals surface area contributed by atoms with Crippen LogP contribution in [0.1, 0.15) is 5.56 Å². The standard InChI is InChI=1S/C14H22N4OS/c1-18(7-8-19-2)6-5-15-10-12-11-16-17-14(12)13-4-3-9-20-13/h3-4,9,11,15H,5-8,10H2,1-2H3,(H,16,17). The van der Waals surface area contributed by atoms with Gasteiger partial charge in [-0.1, -0.05) is 6.07 Å². The van der Waals surface area contributed by atoms with Crippen LogP contribution >= 0.6 is 11.3 Å². The van der Waals surface area contributed by atoms with Gasteiger partial charge in [-0.15, -0.1) is 11.3 Å². The number of aromatic nitrogens is 2. The second-order valence-electron chi connectivity index (χ2n) is 4.72. The van der Waals surface area contributed by atoms with E-state index in [0.717, 1.165) is 38.5 Å². The Hall–Kier alpha value is -1.21. The molecular formula is C14H22N4OS. The topological polar surface area (TPSA) is 53.2 Å². The molecule has 0 spiro atoms. The Bertz CT molecular complexity index is 483. The number of methoxy groups -OCH3 is 1. The fourth-order valence-corrected chi connectivity index (χ4v) is 2.69. The van der Waals surface area contributed by atoms with Crippen LogP contribution in [-0.4, -0.2) is 55.5 Å². The highest BCUT2D eigenvalue weighted by Crippen LogP contribution is 2.25. The molecule has 0 aliphatic heterocycles. The van der Waals surface area contributed by atoms with Crippen LogP contribution in [0.5, 0.6) is 0 Å². The van der Waals surface area contributed by atoms with E-state index in [-0.39, 0.29) is 0 Å². The maximum Gasteiger partial charge on any atom is 0.0794 e. The van der Waals surface area contributed by atoms with Gasteiger partial charge in [-0.3, -0.25) is 5.10 Å². The number of thiophene rings is 1. The molecular weight excluding hydrogens is 272 g/mol. The molecule has 0 aliphatic carbocycles. The van der Waals surface area contributed by atoms with Crippen molar-refractivity contribution in [2.75, 3.05) is 40.4 Å². The predicted molar refractivity (Wildman–Crippen MR) is 83.0 cm³/mol. The number of hydrogen-bond acceptors (Lipinski definition) is 5. The van der Waals surface area contributed by atoms with E-state index in [2.05, 4.69) is 45.0 Å². The van der Waals surface area contributed by atoms with Gasteiger partial charge in [-0.25, -0.2) is 0 Å². The third kappa shape index (κ3) is 4.42. The van der Waals surface area contributed by atoms with Crippen molar-refractivity contribution in [1.82, 2.24) is 20.4 Å². The number of H-pyrrole nitrogens is 1. The molecule has 0 saturated carbocycles. The van der Waals surface area contributed by atoms with Crippen LogP contribution in [0.25, 0.3) is 10.6 Å². The molecule has 20 heavy (non-hydrogen) atoms. The van der Waals surface area contributed by atoms with E-state index in [9.17, 15) is 0 Å². The second kappa shape index (κ2) is 8.16. The first kappa shape index (κ1) is 15.2. The minimum absolute atomic E-state index is 0.779. The van der Waals surface area contributed by atoms with Crippen molar-refractivity contribution in [3.8, 4) is 10.6 Å². The molecule has 0 aromatic carbocycles. The first-order valence-corrected chi connectivity index (χ1v) is 7.63. The van der Waals surface area contributed by atoms with Crippen LogP contribution in [0.4, 0.5) is 0 Å². The number of nitrogens with zero attached hydrogens (tertiary/aromatic N) is 2. The van der Waals surface area contributed by atoms with Crippen molar-refractivity contribution >= 4 is 11.3 Å². The molecule has 0 unspecified atom stereocenters. The molecule has 0 radical (unpaired) electrons. The lowest BCUT2D eigenvalue weighted by atomic mass is 10.2. The predicted octanol–water partition coefficient (Wildman–Crippen LogP) is 1.81. The van der Waals surface area contributed by atoms with Crippen molar-refractivity contribution in [3.63, 3.8) is 0 Å². The van der Waals surface area contributed by atoms with Crippen molar-refractivity contribution in [2.45, 2.75) is 6.54 Å². The summed E-state index contributed by atoms with van der Waals surface area (Å²) in [5, 5.41) is 12.8. The minimum atomic E-state index is 0.779. The first-order valence-electron chi connectivity index (χ1n) is 6.75. The van der Waals surface area contributed by atoms with Gasteiger partial charge >= 0.3 is 0 Å². The molecule has 0 amide bonds. The van der Waals surface area contributed by atoms with Crippen molar-refractivity contribution in [1.29, 1.82) is 0 Å². The molecule has 0 bridgehead atoms. The highest BCUT2D eigenvalue weighted by molar-refractivity contribution is 7.13. The normalized spacial score (nSPS) is 11.3. The number of ether oxygens (including phenoxy) is 1. The van der Waals surface area contributed by atoms with E-state index in [0.29, 0.717) is 0 Å². The van der Waals surface area contributed by atoms with Gasteiger partial charge in [0.2, 0.25) is 0 Å². The molecule has 2 aromatic heterocycles. The van der Waals surface area contributed by atoms with Crippen molar-refractivity contribution in [3.05, 3.63) is 29.3 Å². The lowest BCUT2D eigenvalue weighted by Crippen LogP contribution is -2.31. The van der Waals surface area contributed by atoms with Gasteiger partial charge in [0, 0.05) is 38.9 Å². The maximum absolute atomic E-state index is 5.06. The number of nitrogens with one attached hydrogen (secondary N) is 2. The zero-order valence-corrected chi connectivity index (χ0v) is 12.9. The first-order chi connectivity index (χ1) is 9.81. The highest BCUT2D eigenvalue weighted by Gasteiger charge is 2.08. The monoisotopic (exact) mass is 294 g/mol. The van der Waals surface area contributed by atoms with Gasteiger partial charge in [0.15, 0.2) is 0 Å². The summed E-state index contributed by atoms with van der Waals surface area (Å²) in [6, 6.07) is 4.17. The molecule has 5 nitrogen and oxygen atoms in total. The molecule has 0 atom stereocenters. The molecule has 0 saturated heterocycles. The van der Waals surface area contributed by atoms with Gasteiger partial charge < -0.3 is 15.0 Å². The highest BCUT2D eigenvalue weighted by atomic mass is 32.1. The number of likely N-dealkylation sites (N-methyl/N-ethyl adjacent to an activating group) is 1. The summed E-state index contributed by atoms with van der Waals surface area (Å²) in [6.45, 7) is 4.54. The average molecular weight is 294 g/mol. The summed E-state index contributed by atoms with van der Waals surface area (Å²) in [4.78, 5) is 3.49. The number of hydrogen-bond donors (Lipinski definition) is 2. The van der Waals surface area contributed by atoms with Gasteiger partial charge in [0.1, 0.15) is 0 Å². The van der Waals surface area contributed by atoms with Gasteiger partial charge in [-0.05, 0) is 18.5 Å². The minimum Gasteiger partial charge on any atom is -0.383 e. The van der Waals surface area contributed by atoms with E-state index in [1.54, 1.807) is 18.4 Å². The summed E-state index contributed by atoms with van der Waals surface area (Å²) in [5.41, 5.74) is 2.34. The van der Waals surface area contributed by atoms with Crippen molar-refractivity contribution < 1.29 is 4.74 Å². The Kier molecular flexibility index (Phi) is 6.20. The van der Waals surface area contributed by atoms with Crippen LogP contribution in [-0.2, 0) is 11.3 Å². The number of rotatable bonds is 9. The maximum atomic E-state index is 5.06. The fraction of sp³-hybridized carbons (Fsp3) is 0.500. The third-order valence-corrected chi connectivity index (χ3v) is 4.04. The fourth-order valence-electron chi connectivity index (χ4n) is 1.93. The summed E-state index contributed by atoms with van der Waals surface area (Å²) < 4.78 is 5.06. The molecule has 2 N–H and O–H groups in total. The second-order valence-corrected chi connectivity index (χ2v) is 5.67. The van der Waals surface area contributed by atoms with E-state index in [1.807, 2.05) is 6.20 Å². The molecule has 2 rings (SSSR count). The van der Waals surface area contributed by atoms with Crippen LogP contribution in [0.3, 0.4) is 0 Å². The smallest absolute Gasteiger partial charge is 0.0794 e.